The molecule has 1 aliphatic rings. The van der Waals surface area contributed by atoms with Gasteiger partial charge in [-0.05, 0) is 37.0 Å². The molecule has 7 heteroatoms. The van der Waals surface area contributed by atoms with Gasteiger partial charge in [0, 0.05) is 13.2 Å². The lowest BCUT2D eigenvalue weighted by Crippen LogP contribution is -2.32. The fourth-order valence-electron chi connectivity index (χ4n) is 2.43. The van der Waals surface area contributed by atoms with Crippen molar-refractivity contribution in [3.8, 4) is 11.5 Å². The second-order valence-corrected chi connectivity index (χ2v) is 5.40. The monoisotopic (exact) mass is 337 g/mol. The third kappa shape index (κ3) is 5.13. The highest BCUT2D eigenvalue weighted by Crippen LogP contribution is 2.27. The van der Waals surface area contributed by atoms with Crippen molar-refractivity contribution in [2.24, 2.45) is 0 Å². The summed E-state index contributed by atoms with van der Waals surface area (Å²) in [6, 6.07) is 5.59. The molecule has 1 heterocycles. The summed E-state index contributed by atoms with van der Waals surface area (Å²) in [7, 11) is 3.15. The second-order valence-electron chi connectivity index (χ2n) is 5.40. The number of methoxy groups -OCH3 is 2. The average molecular weight is 337 g/mol. The van der Waals surface area contributed by atoms with Crippen LogP contribution < -0.4 is 14.8 Å². The molecule has 1 aliphatic heterocycles. The van der Waals surface area contributed by atoms with Gasteiger partial charge in [0.05, 0.1) is 14.2 Å². The topological polar surface area (TPSA) is 83.1 Å². The van der Waals surface area contributed by atoms with E-state index in [0.29, 0.717) is 37.5 Å². The summed E-state index contributed by atoms with van der Waals surface area (Å²) in [6.45, 7) is 0.716. The summed E-state index contributed by atoms with van der Waals surface area (Å²) in [5, 5.41) is 2.71. The molecule has 2 rings (SSSR count). The quantitative estimate of drug-likeness (QED) is 0.715. The van der Waals surface area contributed by atoms with Crippen LogP contribution in [0.2, 0.25) is 0 Å². The predicted molar refractivity (Wildman–Crippen MR) is 86.2 cm³/mol. The maximum absolute atomic E-state index is 11.7. The Morgan fingerprint density at radius 1 is 1.25 bits per heavy atom. The third-order valence-corrected chi connectivity index (χ3v) is 3.72. The Morgan fingerprint density at radius 2 is 2.04 bits per heavy atom. The number of benzene rings is 1. The predicted octanol–water partition coefficient (Wildman–Crippen LogP) is 1.08. The number of carbonyl (C=O) groups is 2. The van der Waals surface area contributed by atoms with Crippen LogP contribution in [-0.4, -0.2) is 52.0 Å². The van der Waals surface area contributed by atoms with Gasteiger partial charge in [-0.3, -0.25) is 4.79 Å². The average Bonchev–Trinajstić information content (AvgIpc) is 3.14. The van der Waals surface area contributed by atoms with E-state index in [1.807, 2.05) is 18.2 Å². The Bertz CT molecular complexity index is 568. The number of ether oxygens (including phenoxy) is 4. The SMILES string of the molecule is COc1ccc(CCNC(=O)COC(=O)[C@@H]2CCCO2)cc1OC. The Morgan fingerprint density at radius 3 is 2.71 bits per heavy atom. The molecule has 1 N–H and O–H groups in total. The Balaban J connectivity index is 1.69. The second kappa shape index (κ2) is 9.12. The van der Waals surface area contributed by atoms with Gasteiger partial charge < -0.3 is 24.3 Å². The van der Waals surface area contributed by atoms with Crippen molar-refractivity contribution in [2.45, 2.75) is 25.4 Å². The molecule has 0 bridgehead atoms. The van der Waals surface area contributed by atoms with Gasteiger partial charge in [0.1, 0.15) is 0 Å². The summed E-state index contributed by atoms with van der Waals surface area (Å²) < 4.78 is 20.6. The highest BCUT2D eigenvalue weighted by molar-refractivity contribution is 5.82. The number of amides is 1. The maximum Gasteiger partial charge on any atom is 0.335 e. The van der Waals surface area contributed by atoms with Gasteiger partial charge in [0.2, 0.25) is 0 Å². The zero-order valence-electron chi connectivity index (χ0n) is 14.0. The van der Waals surface area contributed by atoms with Gasteiger partial charge in [-0.25, -0.2) is 4.79 Å². The van der Waals surface area contributed by atoms with Crippen LogP contribution in [0.15, 0.2) is 18.2 Å². The van der Waals surface area contributed by atoms with Crippen LogP contribution in [-0.2, 0) is 25.5 Å². The first-order chi connectivity index (χ1) is 11.6. The van der Waals surface area contributed by atoms with Gasteiger partial charge in [-0.15, -0.1) is 0 Å². The first-order valence-corrected chi connectivity index (χ1v) is 7.90. The van der Waals surface area contributed by atoms with Gasteiger partial charge in [0.25, 0.3) is 5.91 Å². The fourth-order valence-corrected chi connectivity index (χ4v) is 2.43. The summed E-state index contributed by atoms with van der Waals surface area (Å²) in [4.78, 5) is 23.3. The van der Waals surface area contributed by atoms with E-state index in [9.17, 15) is 9.59 Å². The van der Waals surface area contributed by atoms with E-state index in [2.05, 4.69) is 5.32 Å². The first kappa shape index (κ1) is 18.1. The van der Waals surface area contributed by atoms with Crippen molar-refractivity contribution in [2.75, 3.05) is 34.0 Å². The summed E-state index contributed by atoms with van der Waals surface area (Å²) >= 11 is 0. The molecule has 1 atom stereocenters. The molecular formula is C17H23NO6. The number of esters is 1. The van der Waals surface area contributed by atoms with Crippen LogP contribution in [0.25, 0.3) is 0 Å². The van der Waals surface area contributed by atoms with E-state index in [1.165, 1.54) is 0 Å². The lowest BCUT2D eigenvalue weighted by atomic mass is 10.1. The van der Waals surface area contributed by atoms with Crippen LogP contribution in [0.1, 0.15) is 18.4 Å². The molecule has 0 spiro atoms. The largest absolute Gasteiger partial charge is 0.493 e. The summed E-state index contributed by atoms with van der Waals surface area (Å²) in [5.74, 6) is 0.502. The molecular weight excluding hydrogens is 314 g/mol. The van der Waals surface area contributed by atoms with E-state index in [4.69, 9.17) is 18.9 Å². The molecule has 1 saturated heterocycles. The minimum absolute atomic E-state index is 0.287. The van der Waals surface area contributed by atoms with Gasteiger partial charge in [0.15, 0.2) is 24.2 Å². The normalized spacial score (nSPS) is 16.5. The number of hydrogen-bond acceptors (Lipinski definition) is 6. The smallest absolute Gasteiger partial charge is 0.335 e. The Labute approximate surface area is 141 Å². The highest BCUT2D eigenvalue weighted by atomic mass is 16.6. The van der Waals surface area contributed by atoms with Crippen LogP contribution in [0.4, 0.5) is 0 Å². The molecule has 0 radical (unpaired) electrons. The minimum Gasteiger partial charge on any atom is -0.493 e. The van der Waals surface area contributed by atoms with Crippen LogP contribution in [0.5, 0.6) is 11.5 Å². The van der Waals surface area contributed by atoms with E-state index >= 15 is 0 Å². The summed E-state index contributed by atoms with van der Waals surface area (Å²) in [5.41, 5.74) is 1.00. The number of rotatable bonds is 8. The Hall–Kier alpha value is -2.28. The number of hydrogen-bond donors (Lipinski definition) is 1. The lowest BCUT2D eigenvalue weighted by molar-refractivity contribution is -0.157. The van der Waals surface area contributed by atoms with Crippen LogP contribution >= 0.6 is 0 Å². The third-order valence-electron chi connectivity index (χ3n) is 3.72. The van der Waals surface area contributed by atoms with E-state index in [1.54, 1.807) is 14.2 Å². The molecule has 0 unspecified atom stereocenters. The molecule has 1 aromatic rings. The van der Waals surface area contributed by atoms with E-state index < -0.39 is 12.1 Å². The van der Waals surface area contributed by atoms with Gasteiger partial charge in [-0.2, -0.15) is 0 Å². The van der Waals surface area contributed by atoms with Gasteiger partial charge in [-0.1, -0.05) is 6.07 Å². The van der Waals surface area contributed by atoms with Gasteiger partial charge >= 0.3 is 5.97 Å². The molecule has 7 nitrogen and oxygen atoms in total. The number of nitrogens with one attached hydrogen (secondary N) is 1. The minimum atomic E-state index is -0.524. The zero-order chi connectivity index (χ0) is 17.4. The van der Waals surface area contributed by atoms with Crippen molar-refractivity contribution in [3.05, 3.63) is 23.8 Å². The van der Waals surface area contributed by atoms with Crippen LogP contribution in [0.3, 0.4) is 0 Å². The van der Waals surface area contributed by atoms with Crippen molar-refractivity contribution in [1.82, 2.24) is 5.32 Å². The zero-order valence-corrected chi connectivity index (χ0v) is 14.0. The van der Waals surface area contributed by atoms with Crippen molar-refractivity contribution in [3.63, 3.8) is 0 Å². The molecule has 1 amide bonds. The molecule has 0 aromatic heterocycles. The molecule has 0 aliphatic carbocycles. The number of carbonyl (C=O) groups excluding carboxylic acids is 2. The van der Waals surface area contributed by atoms with Crippen molar-refractivity contribution in [1.29, 1.82) is 0 Å². The first-order valence-electron chi connectivity index (χ1n) is 7.90. The van der Waals surface area contributed by atoms with Crippen molar-refractivity contribution < 1.29 is 28.5 Å². The molecule has 0 saturated carbocycles. The summed E-state index contributed by atoms with van der Waals surface area (Å²) in [6.07, 6.45) is 1.60. The van der Waals surface area contributed by atoms with E-state index in [-0.39, 0.29) is 12.5 Å². The lowest BCUT2D eigenvalue weighted by Gasteiger charge is -2.11. The molecule has 24 heavy (non-hydrogen) atoms. The fraction of sp³-hybridized carbons (Fsp3) is 0.529. The molecule has 1 fully saturated rings. The van der Waals surface area contributed by atoms with Crippen molar-refractivity contribution >= 4 is 11.9 Å². The highest BCUT2D eigenvalue weighted by Gasteiger charge is 2.25. The molecule has 1 aromatic carbocycles. The van der Waals surface area contributed by atoms with E-state index in [0.717, 1.165) is 12.0 Å². The molecule has 132 valence electrons. The maximum atomic E-state index is 11.7. The standard InChI is InChI=1S/C17H23NO6/c1-21-13-6-5-12(10-15(13)22-2)7-8-18-16(19)11-24-17(20)14-4-3-9-23-14/h5-6,10,14H,3-4,7-9,11H2,1-2H3,(H,18,19)/t14-/m0/s1. The van der Waals surface area contributed by atoms with Crippen LogP contribution in [0, 0.1) is 0 Å². The Kier molecular flexibility index (Phi) is 6.87.